The van der Waals surface area contributed by atoms with Gasteiger partial charge in [0.2, 0.25) is 0 Å². The number of carbonyl (C=O) groups excluding carboxylic acids is 1. The Bertz CT molecular complexity index is 606. The third kappa shape index (κ3) is 1.73. The zero-order valence-electron chi connectivity index (χ0n) is 9.37. The Morgan fingerprint density at radius 2 is 1.94 bits per heavy atom. The van der Waals surface area contributed by atoms with Gasteiger partial charge in [-0.15, -0.1) is 0 Å². The zero-order chi connectivity index (χ0) is 11.8. The largest absolute Gasteiger partial charge is 0.276 e. The summed E-state index contributed by atoms with van der Waals surface area (Å²) in [4.78, 5) is 16.3. The number of fused-ring (bicyclic) bond motifs is 2. The molecule has 0 amide bonds. The average molecular weight is 246 g/mol. The summed E-state index contributed by atoms with van der Waals surface area (Å²) in [6.45, 7) is 0. The van der Waals surface area contributed by atoms with Crippen LogP contribution in [0.4, 0.5) is 0 Å². The molecular formula is C14H12ClNO. The fourth-order valence-electron chi connectivity index (χ4n) is 2.60. The van der Waals surface area contributed by atoms with Gasteiger partial charge >= 0.3 is 0 Å². The van der Waals surface area contributed by atoms with Gasteiger partial charge in [0.05, 0.1) is 5.52 Å². The van der Waals surface area contributed by atoms with Gasteiger partial charge in [-0.1, -0.05) is 18.2 Å². The fourth-order valence-corrected chi connectivity index (χ4v) is 2.81. The monoisotopic (exact) mass is 245 g/mol. The van der Waals surface area contributed by atoms with E-state index in [1.807, 2.05) is 24.3 Å². The molecule has 0 saturated carbocycles. The van der Waals surface area contributed by atoms with Crippen molar-refractivity contribution in [3.63, 3.8) is 0 Å². The second-order valence-corrected chi connectivity index (χ2v) is 4.75. The van der Waals surface area contributed by atoms with Crippen molar-refractivity contribution >= 4 is 27.7 Å². The predicted molar refractivity (Wildman–Crippen MR) is 68.6 cm³/mol. The number of rotatable bonds is 1. The second kappa shape index (κ2) is 4.11. The molecule has 0 radical (unpaired) electrons. The lowest BCUT2D eigenvalue weighted by atomic mass is 9.90. The molecule has 0 N–H and O–H groups in total. The van der Waals surface area contributed by atoms with Gasteiger partial charge in [0.25, 0.3) is 5.24 Å². The van der Waals surface area contributed by atoms with E-state index in [4.69, 9.17) is 11.6 Å². The van der Waals surface area contributed by atoms with Crippen molar-refractivity contribution in [1.29, 1.82) is 0 Å². The van der Waals surface area contributed by atoms with E-state index in [-0.39, 0.29) is 5.24 Å². The van der Waals surface area contributed by atoms with Gasteiger partial charge in [0, 0.05) is 16.6 Å². The molecule has 3 heteroatoms. The zero-order valence-corrected chi connectivity index (χ0v) is 10.1. The van der Waals surface area contributed by atoms with Gasteiger partial charge in [0.1, 0.15) is 0 Å². The van der Waals surface area contributed by atoms with Gasteiger partial charge < -0.3 is 0 Å². The number of aromatic nitrogens is 1. The molecule has 2 nitrogen and oxygen atoms in total. The van der Waals surface area contributed by atoms with Gasteiger partial charge in [0.15, 0.2) is 0 Å². The molecule has 17 heavy (non-hydrogen) atoms. The number of hydrogen-bond acceptors (Lipinski definition) is 2. The maximum absolute atomic E-state index is 11.7. The molecule has 0 aliphatic heterocycles. The van der Waals surface area contributed by atoms with E-state index in [9.17, 15) is 4.79 Å². The summed E-state index contributed by atoms with van der Waals surface area (Å²) >= 11 is 5.75. The third-order valence-corrected chi connectivity index (χ3v) is 3.55. The van der Waals surface area contributed by atoms with Crippen molar-refractivity contribution in [1.82, 2.24) is 4.98 Å². The van der Waals surface area contributed by atoms with Crippen LogP contribution in [0.5, 0.6) is 0 Å². The highest BCUT2D eigenvalue weighted by Gasteiger charge is 2.20. The molecule has 1 aliphatic carbocycles. The first-order chi connectivity index (χ1) is 8.27. The number of hydrogen-bond donors (Lipinski definition) is 0. The summed E-state index contributed by atoms with van der Waals surface area (Å²) in [5, 5.41) is 0.523. The Morgan fingerprint density at radius 3 is 2.76 bits per heavy atom. The van der Waals surface area contributed by atoms with E-state index in [1.165, 1.54) is 0 Å². The number of para-hydroxylation sites is 1. The molecule has 0 fully saturated rings. The normalized spacial score (nSPS) is 14.6. The number of halogens is 1. The van der Waals surface area contributed by atoms with Crippen molar-refractivity contribution in [3.05, 3.63) is 41.1 Å². The topological polar surface area (TPSA) is 30.0 Å². The summed E-state index contributed by atoms with van der Waals surface area (Å²) in [6.07, 6.45) is 4.14. The first kappa shape index (κ1) is 10.7. The Morgan fingerprint density at radius 1 is 1.18 bits per heavy atom. The number of aryl methyl sites for hydroxylation is 1. The molecular weight excluding hydrogens is 234 g/mol. The lowest BCUT2D eigenvalue weighted by molar-refractivity contribution is 0.108. The van der Waals surface area contributed by atoms with E-state index in [0.29, 0.717) is 5.56 Å². The van der Waals surface area contributed by atoms with E-state index in [0.717, 1.165) is 47.8 Å². The minimum Gasteiger partial charge on any atom is -0.276 e. The number of pyridine rings is 1. The number of benzene rings is 1. The molecule has 1 aliphatic rings. The summed E-state index contributed by atoms with van der Waals surface area (Å²) in [5.74, 6) is 0. The van der Waals surface area contributed by atoms with E-state index < -0.39 is 0 Å². The fraction of sp³-hybridized carbons (Fsp3) is 0.286. The highest BCUT2D eigenvalue weighted by atomic mass is 35.5. The van der Waals surface area contributed by atoms with Crippen LogP contribution in [0.1, 0.15) is 34.5 Å². The van der Waals surface area contributed by atoms with Crippen LogP contribution >= 0.6 is 11.6 Å². The molecule has 1 aromatic heterocycles. The first-order valence-electron chi connectivity index (χ1n) is 5.87. The van der Waals surface area contributed by atoms with Crippen molar-refractivity contribution in [2.45, 2.75) is 25.7 Å². The molecule has 3 rings (SSSR count). The molecule has 86 valence electrons. The summed E-state index contributed by atoms with van der Waals surface area (Å²) in [5.41, 5.74) is 3.66. The van der Waals surface area contributed by atoms with Gasteiger partial charge in [-0.25, -0.2) is 0 Å². The lowest BCUT2D eigenvalue weighted by Crippen LogP contribution is -2.11. The van der Waals surface area contributed by atoms with Crippen molar-refractivity contribution in [2.75, 3.05) is 0 Å². The van der Waals surface area contributed by atoms with Crippen LogP contribution in [0, 0.1) is 0 Å². The Hall–Kier alpha value is -1.41. The molecule has 1 heterocycles. The summed E-state index contributed by atoms with van der Waals surface area (Å²) in [7, 11) is 0. The molecule has 0 bridgehead atoms. The van der Waals surface area contributed by atoms with E-state index in [2.05, 4.69) is 4.98 Å². The predicted octanol–water partition coefficient (Wildman–Crippen LogP) is 3.49. The van der Waals surface area contributed by atoms with Gasteiger partial charge in [-0.05, 0) is 48.9 Å². The smallest absolute Gasteiger partial charge is 0.253 e. The minimum atomic E-state index is -0.359. The van der Waals surface area contributed by atoms with Crippen LogP contribution in [0.3, 0.4) is 0 Å². The molecule has 0 atom stereocenters. The molecule has 0 saturated heterocycles. The molecule has 0 unspecified atom stereocenters. The van der Waals surface area contributed by atoms with Crippen molar-refractivity contribution in [3.8, 4) is 0 Å². The van der Waals surface area contributed by atoms with Crippen LogP contribution < -0.4 is 0 Å². The Kier molecular flexibility index (Phi) is 2.60. The number of carbonyl (C=O) groups is 1. The van der Waals surface area contributed by atoms with Crippen molar-refractivity contribution < 1.29 is 4.79 Å². The Balaban J connectivity index is 2.40. The minimum absolute atomic E-state index is 0.359. The van der Waals surface area contributed by atoms with Crippen LogP contribution in [0.15, 0.2) is 24.3 Å². The number of nitrogens with zero attached hydrogens (tertiary/aromatic N) is 1. The van der Waals surface area contributed by atoms with Crippen LogP contribution in [-0.4, -0.2) is 10.2 Å². The Labute approximate surface area is 105 Å². The highest BCUT2D eigenvalue weighted by Crippen LogP contribution is 2.30. The van der Waals surface area contributed by atoms with Crippen LogP contribution in [0.2, 0.25) is 0 Å². The maximum Gasteiger partial charge on any atom is 0.253 e. The first-order valence-corrected chi connectivity index (χ1v) is 6.25. The van der Waals surface area contributed by atoms with E-state index in [1.54, 1.807) is 0 Å². The standard InChI is InChI=1S/C14H12ClNO/c15-14(17)13-9-5-1-3-7-11(9)16-12-8-4-2-6-10(12)13/h1,3,5,7H,2,4,6,8H2. The summed E-state index contributed by atoms with van der Waals surface area (Å²) in [6, 6.07) is 7.72. The van der Waals surface area contributed by atoms with Crippen molar-refractivity contribution in [2.24, 2.45) is 0 Å². The molecule has 1 aromatic carbocycles. The maximum atomic E-state index is 11.7. The third-order valence-electron chi connectivity index (χ3n) is 3.37. The van der Waals surface area contributed by atoms with E-state index >= 15 is 0 Å². The SMILES string of the molecule is O=C(Cl)c1c2c(nc3ccccc13)CCCC2. The van der Waals surface area contributed by atoms with Gasteiger partial charge in [-0.3, -0.25) is 9.78 Å². The van der Waals surface area contributed by atoms with Crippen LogP contribution in [-0.2, 0) is 12.8 Å². The lowest BCUT2D eigenvalue weighted by Gasteiger charge is -2.18. The molecule has 0 spiro atoms. The average Bonchev–Trinajstić information content (AvgIpc) is 2.35. The molecule has 2 aromatic rings. The van der Waals surface area contributed by atoms with Crippen LogP contribution in [0.25, 0.3) is 10.9 Å². The summed E-state index contributed by atoms with van der Waals surface area (Å²) < 4.78 is 0. The quantitative estimate of drug-likeness (QED) is 0.720. The van der Waals surface area contributed by atoms with Gasteiger partial charge in [-0.2, -0.15) is 0 Å². The second-order valence-electron chi connectivity index (χ2n) is 4.41. The highest BCUT2D eigenvalue weighted by molar-refractivity contribution is 6.68.